The van der Waals surface area contributed by atoms with Gasteiger partial charge < -0.3 is 5.11 Å². The van der Waals surface area contributed by atoms with Gasteiger partial charge in [0.25, 0.3) is 0 Å². The molecule has 9 heteroatoms. The molecule has 0 aliphatic carbocycles. The highest BCUT2D eigenvalue weighted by atomic mass is 32.1. The average Bonchev–Trinajstić information content (AvgIpc) is 2.93. The van der Waals surface area contributed by atoms with Crippen molar-refractivity contribution in [1.29, 1.82) is 0 Å². The van der Waals surface area contributed by atoms with Gasteiger partial charge in [0.1, 0.15) is 9.88 Å². The number of hydrogen-bond donors (Lipinski definition) is 1. The molecule has 5 nitrogen and oxygen atoms in total. The number of nitrogens with zero attached hydrogens (tertiary/aromatic N) is 3. The molecular formula is C14H12F3N3O2S. The molecule has 0 saturated carbocycles. The lowest BCUT2D eigenvalue weighted by molar-refractivity contribution is -0.134. The number of carboxylic acid groups (broad SMARTS) is 1. The van der Waals surface area contributed by atoms with Gasteiger partial charge in [-0.3, -0.25) is 0 Å². The van der Waals surface area contributed by atoms with Gasteiger partial charge in [-0.1, -0.05) is 13.8 Å². The van der Waals surface area contributed by atoms with E-state index in [9.17, 15) is 18.0 Å². The smallest absolute Gasteiger partial charge is 0.427 e. The normalized spacial score (nSPS) is 12.3. The summed E-state index contributed by atoms with van der Waals surface area (Å²) < 4.78 is 37.5. The molecule has 0 bridgehead atoms. The summed E-state index contributed by atoms with van der Waals surface area (Å²) in [6, 6.07) is 0. The zero-order valence-electron chi connectivity index (χ0n) is 12.1. The van der Waals surface area contributed by atoms with Crippen molar-refractivity contribution in [2.75, 3.05) is 0 Å². The quantitative estimate of drug-likeness (QED) is 0.910. The van der Waals surface area contributed by atoms with Crippen LogP contribution in [-0.4, -0.2) is 26.0 Å². The second-order valence-corrected chi connectivity index (χ2v) is 5.94. The molecule has 0 atom stereocenters. The van der Waals surface area contributed by atoms with Gasteiger partial charge in [-0.15, -0.1) is 11.3 Å². The van der Waals surface area contributed by atoms with E-state index in [1.54, 1.807) is 13.8 Å². The first kappa shape index (κ1) is 17.1. The van der Waals surface area contributed by atoms with Crippen molar-refractivity contribution in [2.45, 2.75) is 25.9 Å². The standard InChI is InChI=1S/C14H12F3N3O2S/c1-7(2)12-8(13(21)22)5-18-10(20-12)3-4-11-19-6-9(23-11)14(15,16)17/h3-7H,1-2H3,(H,21,22)/b4-3+. The Kier molecular flexibility index (Phi) is 4.79. The number of hydrogen-bond acceptors (Lipinski definition) is 5. The third-order valence-electron chi connectivity index (χ3n) is 2.79. The van der Waals surface area contributed by atoms with Crippen molar-refractivity contribution < 1.29 is 23.1 Å². The predicted molar refractivity (Wildman–Crippen MR) is 79.1 cm³/mol. The fourth-order valence-electron chi connectivity index (χ4n) is 1.74. The first-order valence-corrected chi connectivity index (χ1v) is 7.31. The number of carbonyl (C=O) groups is 1. The van der Waals surface area contributed by atoms with Crippen molar-refractivity contribution in [3.8, 4) is 0 Å². The van der Waals surface area contributed by atoms with Crippen LogP contribution in [0.1, 0.15) is 51.5 Å². The number of halogens is 3. The van der Waals surface area contributed by atoms with Crippen LogP contribution in [-0.2, 0) is 6.18 Å². The summed E-state index contributed by atoms with van der Waals surface area (Å²) in [5.41, 5.74) is 0.369. The minimum atomic E-state index is -4.42. The third kappa shape index (κ3) is 4.13. The Hall–Kier alpha value is -2.29. The van der Waals surface area contributed by atoms with Gasteiger partial charge >= 0.3 is 12.1 Å². The van der Waals surface area contributed by atoms with E-state index in [-0.39, 0.29) is 22.3 Å². The number of aromatic nitrogens is 3. The van der Waals surface area contributed by atoms with Gasteiger partial charge in [0.15, 0.2) is 5.82 Å². The van der Waals surface area contributed by atoms with Crippen molar-refractivity contribution >= 4 is 29.5 Å². The van der Waals surface area contributed by atoms with E-state index in [4.69, 9.17) is 5.11 Å². The molecule has 2 aromatic heterocycles. The first-order valence-electron chi connectivity index (χ1n) is 6.50. The molecule has 0 spiro atoms. The van der Waals surface area contributed by atoms with Crippen molar-refractivity contribution in [3.05, 3.63) is 39.4 Å². The summed E-state index contributed by atoms with van der Waals surface area (Å²) in [6.45, 7) is 3.58. The van der Waals surface area contributed by atoms with Crippen LogP contribution in [0.5, 0.6) is 0 Å². The molecule has 0 aromatic carbocycles. The Balaban J connectivity index is 2.28. The Bertz CT molecular complexity index is 754. The minimum absolute atomic E-state index is 0.00533. The summed E-state index contributed by atoms with van der Waals surface area (Å²) >= 11 is 0.505. The van der Waals surface area contributed by atoms with Gasteiger partial charge in [0.05, 0.1) is 17.5 Å². The lowest BCUT2D eigenvalue weighted by Gasteiger charge is -2.08. The molecule has 122 valence electrons. The number of rotatable bonds is 4. The molecule has 1 N–H and O–H groups in total. The summed E-state index contributed by atoms with van der Waals surface area (Å²) in [5, 5.41) is 9.24. The molecule has 0 aliphatic heterocycles. The topological polar surface area (TPSA) is 76.0 Å². The third-order valence-corrected chi connectivity index (χ3v) is 3.80. The molecule has 2 heterocycles. The fourth-order valence-corrected chi connectivity index (χ4v) is 2.42. The summed E-state index contributed by atoms with van der Waals surface area (Å²) in [7, 11) is 0. The molecule has 23 heavy (non-hydrogen) atoms. The number of alkyl halides is 3. The van der Waals surface area contributed by atoms with Crippen molar-refractivity contribution in [1.82, 2.24) is 15.0 Å². The van der Waals surface area contributed by atoms with Gasteiger partial charge in [-0.2, -0.15) is 13.2 Å². The fraction of sp³-hybridized carbons (Fsp3) is 0.286. The zero-order chi connectivity index (χ0) is 17.2. The van der Waals surface area contributed by atoms with Gasteiger partial charge in [0.2, 0.25) is 0 Å². The minimum Gasteiger partial charge on any atom is -0.478 e. The Labute approximate surface area is 133 Å². The van der Waals surface area contributed by atoms with E-state index >= 15 is 0 Å². The number of carboxylic acids is 1. The maximum atomic E-state index is 12.5. The predicted octanol–water partition coefficient (Wildman–Crippen LogP) is 3.94. The van der Waals surface area contributed by atoms with Crippen molar-refractivity contribution in [2.24, 2.45) is 0 Å². The van der Waals surface area contributed by atoms with Gasteiger partial charge in [0, 0.05) is 6.20 Å². The largest absolute Gasteiger partial charge is 0.478 e. The van der Waals surface area contributed by atoms with E-state index < -0.39 is 17.0 Å². The molecule has 0 aliphatic rings. The van der Waals surface area contributed by atoms with Crippen molar-refractivity contribution in [3.63, 3.8) is 0 Å². The van der Waals surface area contributed by atoms with Crippen LogP contribution in [0.15, 0.2) is 12.4 Å². The van der Waals surface area contributed by atoms with Crippen LogP contribution in [0.3, 0.4) is 0 Å². The van der Waals surface area contributed by atoms with E-state index in [0.717, 1.165) is 6.20 Å². The Morgan fingerprint density at radius 2 is 1.96 bits per heavy atom. The number of aromatic carboxylic acids is 1. The average molecular weight is 343 g/mol. The second-order valence-electron chi connectivity index (χ2n) is 4.88. The molecule has 0 fully saturated rings. The zero-order valence-corrected chi connectivity index (χ0v) is 12.9. The van der Waals surface area contributed by atoms with Crippen LogP contribution >= 0.6 is 11.3 Å². The van der Waals surface area contributed by atoms with Crippen LogP contribution in [0.4, 0.5) is 13.2 Å². The van der Waals surface area contributed by atoms with E-state index in [2.05, 4.69) is 15.0 Å². The Morgan fingerprint density at radius 1 is 1.26 bits per heavy atom. The molecule has 0 saturated heterocycles. The highest BCUT2D eigenvalue weighted by Gasteiger charge is 2.32. The van der Waals surface area contributed by atoms with Crippen LogP contribution < -0.4 is 0 Å². The summed E-state index contributed by atoms with van der Waals surface area (Å²) in [4.78, 5) is 22.0. The summed E-state index contributed by atoms with van der Waals surface area (Å²) in [5.74, 6) is -1.05. The lowest BCUT2D eigenvalue weighted by Crippen LogP contribution is -2.08. The van der Waals surface area contributed by atoms with Crippen LogP contribution in [0, 0.1) is 0 Å². The molecule has 2 rings (SSSR count). The van der Waals surface area contributed by atoms with E-state index in [0.29, 0.717) is 17.0 Å². The van der Waals surface area contributed by atoms with E-state index in [1.807, 2.05) is 0 Å². The number of thiazole rings is 1. The Morgan fingerprint density at radius 3 is 2.48 bits per heavy atom. The van der Waals surface area contributed by atoms with Gasteiger partial charge in [-0.25, -0.2) is 19.7 Å². The maximum Gasteiger partial charge on any atom is 0.427 e. The van der Waals surface area contributed by atoms with Gasteiger partial charge in [-0.05, 0) is 18.1 Å². The van der Waals surface area contributed by atoms with E-state index in [1.165, 1.54) is 18.3 Å². The molecule has 0 unspecified atom stereocenters. The second kappa shape index (κ2) is 6.45. The maximum absolute atomic E-state index is 12.5. The van der Waals surface area contributed by atoms with Crippen LogP contribution in [0.25, 0.3) is 12.2 Å². The monoisotopic (exact) mass is 343 g/mol. The molecule has 0 radical (unpaired) electrons. The SMILES string of the molecule is CC(C)c1nc(/C=C/c2ncc(C(F)(F)F)s2)ncc1C(=O)O. The molecule has 0 amide bonds. The highest BCUT2D eigenvalue weighted by Crippen LogP contribution is 2.33. The first-order chi connectivity index (χ1) is 10.7. The molecular weight excluding hydrogens is 331 g/mol. The lowest BCUT2D eigenvalue weighted by atomic mass is 10.1. The van der Waals surface area contributed by atoms with Crippen LogP contribution in [0.2, 0.25) is 0 Å². The molecule has 2 aromatic rings. The highest BCUT2D eigenvalue weighted by molar-refractivity contribution is 7.12. The summed E-state index contributed by atoms with van der Waals surface area (Å²) in [6.07, 6.45) is 0.288.